The van der Waals surface area contributed by atoms with Gasteiger partial charge in [0.25, 0.3) is 0 Å². The summed E-state index contributed by atoms with van der Waals surface area (Å²) >= 11 is 0. The van der Waals surface area contributed by atoms with Crippen LogP contribution in [0.1, 0.15) is 20.3 Å². The number of carbonyl (C=O) groups is 1. The van der Waals surface area contributed by atoms with Crippen LogP contribution in [0, 0.1) is 5.92 Å². The van der Waals surface area contributed by atoms with Gasteiger partial charge in [0.2, 0.25) is 5.91 Å². The van der Waals surface area contributed by atoms with Gasteiger partial charge in [-0.05, 0) is 25.6 Å². The van der Waals surface area contributed by atoms with E-state index >= 15 is 0 Å². The van der Waals surface area contributed by atoms with Crippen molar-refractivity contribution in [1.82, 2.24) is 5.32 Å². The van der Waals surface area contributed by atoms with Gasteiger partial charge in [0.1, 0.15) is 0 Å². The highest BCUT2D eigenvalue weighted by atomic mass is 28.4. The van der Waals surface area contributed by atoms with Crippen LogP contribution in [0.4, 0.5) is 0 Å². The zero-order chi connectivity index (χ0) is 10.5. The Hall–Kier alpha value is -0.353. The molecule has 0 saturated carbocycles. The second-order valence-electron chi connectivity index (χ2n) is 4.36. The molecule has 1 amide bonds. The van der Waals surface area contributed by atoms with E-state index in [2.05, 4.69) is 5.32 Å². The summed E-state index contributed by atoms with van der Waals surface area (Å²) in [5, 5.41) is 2.83. The van der Waals surface area contributed by atoms with E-state index in [9.17, 15) is 9.59 Å². The molecule has 0 rings (SSSR count). The Morgan fingerprint density at radius 2 is 2.00 bits per heavy atom. The van der Waals surface area contributed by atoms with Crippen LogP contribution in [0.2, 0.25) is 19.1 Å². The molecular formula is C9H21NO2Si. The first-order chi connectivity index (χ1) is 5.83. The first-order valence-corrected chi connectivity index (χ1v) is 7.98. The van der Waals surface area contributed by atoms with Crippen LogP contribution in [-0.4, -0.2) is 25.6 Å². The lowest BCUT2D eigenvalue weighted by molar-refractivity contribution is -0.123. The lowest BCUT2D eigenvalue weighted by Crippen LogP contribution is -2.31. The Balaban J connectivity index is 3.42. The average molecular weight is 203 g/mol. The fourth-order valence-corrected chi connectivity index (χ4v) is 1.98. The van der Waals surface area contributed by atoms with E-state index in [-0.39, 0.29) is 11.8 Å². The molecule has 0 saturated heterocycles. The zero-order valence-electron chi connectivity index (χ0n) is 9.05. The van der Waals surface area contributed by atoms with Gasteiger partial charge in [0, 0.05) is 12.5 Å². The van der Waals surface area contributed by atoms with Gasteiger partial charge in [0.15, 0.2) is 8.32 Å². The van der Waals surface area contributed by atoms with Crippen molar-refractivity contribution >= 4 is 14.2 Å². The molecule has 0 bridgehead atoms. The molecule has 2 N–H and O–H groups in total. The van der Waals surface area contributed by atoms with E-state index < -0.39 is 8.32 Å². The minimum Gasteiger partial charge on any atom is -0.432 e. The van der Waals surface area contributed by atoms with E-state index in [1.807, 2.05) is 26.9 Å². The van der Waals surface area contributed by atoms with Crippen molar-refractivity contribution in [3.8, 4) is 0 Å². The molecule has 0 aliphatic rings. The average Bonchev–Trinajstić information content (AvgIpc) is 1.95. The number of amides is 1. The Bertz CT molecular complexity index is 163. The summed E-state index contributed by atoms with van der Waals surface area (Å²) < 4.78 is 0. The predicted molar refractivity (Wildman–Crippen MR) is 57.0 cm³/mol. The van der Waals surface area contributed by atoms with Gasteiger partial charge in [0.05, 0.1) is 0 Å². The topological polar surface area (TPSA) is 49.3 Å². The SMILES string of the molecule is CC(C)C(=O)NCCC[Si](C)(C)O. The summed E-state index contributed by atoms with van der Waals surface area (Å²) in [7, 11) is -1.91. The molecule has 0 aliphatic heterocycles. The molecule has 0 aromatic heterocycles. The van der Waals surface area contributed by atoms with E-state index in [4.69, 9.17) is 0 Å². The number of nitrogens with one attached hydrogen (secondary N) is 1. The maximum atomic E-state index is 11.1. The number of hydrogen-bond acceptors (Lipinski definition) is 2. The predicted octanol–water partition coefficient (Wildman–Crippen LogP) is 1.35. The minimum atomic E-state index is -1.91. The molecular weight excluding hydrogens is 182 g/mol. The second kappa shape index (κ2) is 5.39. The van der Waals surface area contributed by atoms with Gasteiger partial charge in [-0.1, -0.05) is 13.8 Å². The van der Waals surface area contributed by atoms with E-state index in [0.29, 0.717) is 6.54 Å². The van der Waals surface area contributed by atoms with E-state index in [0.717, 1.165) is 12.5 Å². The van der Waals surface area contributed by atoms with Crippen LogP contribution < -0.4 is 5.32 Å². The molecule has 0 spiro atoms. The van der Waals surface area contributed by atoms with Crippen molar-refractivity contribution in [2.24, 2.45) is 5.92 Å². The quantitative estimate of drug-likeness (QED) is 0.523. The molecule has 0 heterocycles. The van der Waals surface area contributed by atoms with Crippen LogP contribution in [0.5, 0.6) is 0 Å². The number of hydrogen-bond donors (Lipinski definition) is 2. The largest absolute Gasteiger partial charge is 0.432 e. The smallest absolute Gasteiger partial charge is 0.222 e. The summed E-state index contributed by atoms with van der Waals surface area (Å²) in [5.74, 6) is 0.150. The third kappa shape index (κ3) is 7.99. The minimum absolute atomic E-state index is 0.0550. The third-order valence-corrected chi connectivity index (χ3v) is 3.37. The maximum Gasteiger partial charge on any atom is 0.222 e. The Morgan fingerprint density at radius 3 is 2.38 bits per heavy atom. The van der Waals surface area contributed by atoms with Crippen LogP contribution in [0.3, 0.4) is 0 Å². The lowest BCUT2D eigenvalue weighted by atomic mass is 10.2. The van der Waals surface area contributed by atoms with Crippen molar-refractivity contribution in [3.05, 3.63) is 0 Å². The summed E-state index contributed by atoms with van der Waals surface area (Å²) in [4.78, 5) is 20.6. The molecule has 0 aliphatic carbocycles. The highest BCUT2D eigenvalue weighted by molar-refractivity contribution is 6.69. The van der Waals surface area contributed by atoms with Crippen molar-refractivity contribution in [2.45, 2.75) is 39.4 Å². The first kappa shape index (κ1) is 12.6. The zero-order valence-corrected chi connectivity index (χ0v) is 10.1. The standard InChI is InChI=1S/C9H21NO2Si/c1-8(2)9(11)10-6-5-7-13(3,4)12/h8,12H,5-7H2,1-4H3,(H,10,11). The van der Waals surface area contributed by atoms with Gasteiger partial charge in [-0.3, -0.25) is 4.79 Å². The summed E-state index contributed by atoms with van der Waals surface area (Å²) in [6, 6.07) is 0.853. The highest BCUT2D eigenvalue weighted by Crippen LogP contribution is 2.06. The summed E-state index contributed by atoms with van der Waals surface area (Å²) in [5.41, 5.74) is 0. The Kier molecular flexibility index (Phi) is 5.25. The monoisotopic (exact) mass is 203 g/mol. The van der Waals surface area contributed by atoms with Crippen molar-refractivity contribution in [1.29, 1.82) is 0 Å². The van der Waals surface area contributed by atoms with Gasteiger partial charge in [-0.25, -0.2) is 0 Å². The number of rotatable bonds is 5. The van der Waals surface area contributed by atoms with Gasteiger partial charge < -0.3 is 10.1 Å². The molecule has 3 nitrogen and oxygen atoms in total. The summed E-state index contributed by atoms with van der Waals surface area (Å²) in [6.45, 7) is 8.27. The van der Waals surface area contributed by atoms with Gasteiger partial charge >= 0.3 is 0 Å². The summed E-state index contributed by atoms with van der Waals surface area (Å²) in [6.07, 6.45) is 0.883. The molecule has 78 valence electrons. The molecule has 0 fully saturated rings. The van der Waals surface area contributed by atoms with Crippen molar-refractivity contribution < 1.29 is 9.59 Å². The molecule has 0 aromatic rings. The fraction of sp³-hybridized carbons (Fsp3) is 0.889. The van der Waals surface area contributed by atoms with Gasteiger partial charge in [-0.15, -0.1) is 0 Å². The Morgan fingerprint density at radius 1 is 1.46 bits per heavy atom. The molecule has 0 unspecified atom stereocenters. The molecule has 0 aromatic carbocycles. The molecule has 0 atom stereocenters. The highest BCUT2D eigenvalue weighted by Gasteiger charge is 2.15. The second-order valence-corrected chi connectivity index (χ2v) is 8.49. The van der Waals surface area contributed by atoms with Crippen LogP contribution in [0.25, 0.3) is 0 Å². The molecule has 4 heteroatoms. The van der Waals surface area contributed by atoms with Crippen LogP contribution in [-0.2, 0) is 4.79 Å². The fourth-order valence-electron chi connectivity index (χ4n) is 0.937. The Labute approximate surface area is 81.7 Å². The molecule has 0 radical (unpaired) electrons. The lowest BCUT2D eigenvalue weighted by Gasteiger charge is -2.14. The van der Waals surface area contributed by atoms with Crippen LogP contribution in [0.15, 0.2) is 0 Å². The first-order valence-electron chi connectivity index (χ1n) is 4.83. The van der Waals surface area contributed by atoms with Crippen molar-refractivity contribution in [2.75, 3.05) is 6.54 Å². The maximum absolute atomic E-state index is 11.1. The van der Waals surface area contributed by atoms with Gasteiger partial charge in [-0.2, -0.15) is 0 Å². The van der Waals surface area contributed by atoms with Crippen molar-refractivity contribution in [3.63, 3.8) is 0 Å². The third-order valence-electron chi connectivity index (χ3n) is 1.79. The number of carbonyl (C=O) groups excluding carboxylic acids is 1. The van der Waals surface area contributed by atoms with E-state index in [1.165, 1.54) is 0 Å². The van der Waals surface area contributed by atoms with E-state index in [1.54, 1.807) is 0 Å². The normalized spacial score (nSPS) is 11.8. The molecule has 13 heavy (non-hydrogen) atoms. The van der Waals surface area contributed by atoms with Crippen LogP contribution >= 0.6 is 0 Å².